The molecule has 1 aliphatic heterocycles. The number of carboxylic acids is 1. The maximum absolute atomic E-state index is 14.0. The van der Waals surface area contributed by atoms with Crippen molar-refractivity contribution in [3.63, 3.8) is 0 Å². The molecule has 1 aromatic carbocycles. The average molecular weight is 761 g/mol. The fourth-order valence-corrected chi connectivity index (χ4v) is 6.11. The summed E-state index contributed by atoms with van der Waals surface area (Å²) < 4.78 is 0. The van der Waals surface area contributed by atoms with E-state index in [9.17, 15) is 39.0 Å². The predicted molar refractivity (Wildman–Crippen MR) is 202 cm³/mol. The largest absolute Gasteiger partial charge is 0.508 e. The van der Waals surface area contributed by atoms with Gasteiger partial charge in [0.1, 0.15) is 36.0 Å². The molecule has 1 saturated heterocycles. The number of amides is 5. The molecule has 1 aliphatic rings. The maximum atomic E-state index is 14.0. The number of hydrogen-bond donors (Lipinski definition) is 10. The number of rotatable bonds is 22. The Labute approximate surface area is 316 Å². The van der Waals surface area contributed by atoms with E-state index in [0.717, 1.165) is 0 Å². The third-order valence-corrected chi connectivity index (χ3v) is 9.34. The summed E-state index contributed by atoms with van der Waals surface area (Å²) in [5.74, 6) is -4.81. The van der Waals surface area contributed by atoms with Gasteiger partial charge in [0.05, 0.1) is 6.04 Å². The van der Waals surface area contributed by atoms with Crippen molar-refractivity contribution in [2.24, 2.45) is 39.8 Å². The van der Waals surface area contributed by atoms with Crippen molar-refractivity contribution in [2.45, 2.75) is 115 Å². The minimum absolute atomic E-state index is 0.00203. The zero-order chi connectivity index (χ0) is 40.5. The Balaban J connectivity index is 2.29. The Bertz CT molecular complexity index is 1450. The Morgan fingerprint density at radius 3 is 2.13 bits per heavy atom. The molecule has 54 heavy (non-hydrogen) atoms. The third kappa shape index (κ3) is 14.5. The lowest BCUT2D eigenvalue weighted by Gasteiger charge is -2.31. The van der Waals surface area contributed by atoms with E-state index in [1.54, 1.807) is 19.1 Å². The van der Waals surface area contributed by atoms with Crippen LogP contribution in [0.3, 0.4) is 0 Å². The van der Waals surface area contributed by atoms with Gasteiger partial charge in [0.15, 0.2) is 5.96 Å². The van der Waals surface area contributed by atoms with Crippen molar-refractivity contribution in [3.8, 4) is 5.75 Å². The topological polar surface area (TPSA) is 311 Å². The molecule has 302 valence electrons. The summed E-state index contributed by atoms with van der Waals surface area (Å²) in [5.41, 5.74) is 23.1. The number of carbonyl (C=O) groups is 6. The van der Waals surface area contributed by atoms with E-state index in [0.29, 0.717) is 24.8 Å². The highest BCUT2D eigenvalue weighted by Gasteiger charge is 2.40. The lowest BCUT2D eigenvalue weighted by atomic mass is 9.96. The van der Waals surface area contributed by atoms with Crippen molar-refractivity contribution in [1.29, 1.82) is 0 Å². The number of aliphatic carboxylic acids is 1. The monoisotopic (exact) mass is 760 g/mol. The number of benzene rings is 1. The van der Waals surface area contributed by atoms with Crippen LogP contribution >= 0.6 is 0 Å². The molecule has 0 saturated carbocycles. The number of nitrogens with one attached hydrogen (secondary N) is 4. The third-order valence-electron chi connectivity index (χ3n) is 9.34. The summed E-state index contributed by atoms with van der Waals surface area (Å²) >= 11 is 0. The molecule has 2 rings (SSSR count). The first-order valence-electron chi connectivity index (χ1n) is 18.5. The molecule has 0 aliphatic carbocycles. The van der Waals surface area contributed by atoms with Crippen molar-refractivity contribution < 1.29 is 39.0 Å². The fourth-order valence-electron chi connectivity index (χ4n) is 6.11. The molecule has 18 nitrogen and oxygen atoms in total. The Morgan fingerprint density at radius 1 is 0.907 bits per heavy atom. The number of aliphatic imine (C=N–C) groups is 1. The fraction of sp³-hybridized carbons (Fsp3) is 0.639. The van der Waals surface area contributed by atoms with E-state index in [-0.39, 0.29) is 69.4 Å². The molecule has 1 fully saturated rings. The van der Waals surface area contributed by atoms with Gasteiger partial charge in [0.25, 0.3) is 0 Å². The summed E-state index contributed by atoms with van der Waals surface area (Å²) in [6.07, 6.45) is 2.14. The van der Waals surface area contributed by atoms with Gasteiger partial charge in [-0.3, -0.25) is 29.0 Å². The van der Waals surface area contributed by atoms with Gasteiger partial charge in [-0.2, -0.15) is 0 Å². The zero-order valence-electron chi connectivity index (χ0n) is 31.8. The first-order chi connectivity index (χ1) is 25.5. The summed E-state index contributed by atoms with van der Waals surface area (Å²) in [5, 5.41) is 30.2. The highest BCUT2D eigenvalue weighted by atomic mass is 16.4. The zero-order valence-corrected chi connectivity index (χ0v) is 31.8. The average Bonchev–Trinajstić information content (AvgIpc) is 3.61. The number of hydrogen-bond acceptors (Lipinski definition) is 10. The molecule has 14 N–H and O–H groups in total. The van der Waals surface area contributed by atoms with E-state index < -0.39 is 77.7 Å². The first-order valence-corrected chi connectivity index (χ1v) is 18.5. The summed E-state index contributed by atoms with van der Waals surface area (Å²) in [6, 6.07) is -0.491. The maximum Gasteiger partial charge on any atom is 0.326 e. The SMILES string of the molecule is CCC(C)C(NC(=O)C(Cc1ccc(O)cc1)NC(=O)C1CCCN1C(=O)C(CCN)NC(=O)C(N)CCCN=C(N)N)C(=O)NC(CC(C)C)C(=O)O. The molecule has 0 bridgehead atoms. The van der Waals surface area contributed by atoms with Gasteiger partial charge < -0.3 is 59.3 Å². The second-order valence-corrected chi connectivity index (χ2v) is 14.2. The molecular formula is C36H60N10O8. The molecule has 18 heteroatoms. The van der Waals surface area contributed by atoms with Gasteiger partial charge in [-0.05, 0) is 74.6 Å². The lowest BCUT2D eigenvalue weighted by Crippen LogP contribution is -2.60. The molecule has 0 aromatic heterocycles. The van der Waals surface area contributed by atoms with E-state index in [1.165, 1.54) is 17.0 Å². The second-order valence-electron chi connectivity index (χ2n) is 14.2. The standard InChI is InChI=1S/C36H60N10O8/c1-5-21(4)29(33(51)44-27(35(53)54)18-20(2)3)45-31(49)26(19-22-10-12-23(47)13-11-22)43-32(50)28-9-7-17-46(28)34(52)25(14-15-37)42-30(48)24(38)8-6-16-41-36(39)40/h10-13,20-21,24-29,47H,5-9,14-19,37-38H2,1-4H3,(H,42,48)(H,43,50)(H,44,51)(H,45,49)(H,53,54)(H4,39,40,41). The second kappa shape index (κ2) is 22.3. The molecular weight excluding hydrogens is 700 g/mol. The van der Waals surface area contributed by atoms with Gasteiger partial charge >= 0.3 is 5.97 Å². The number of phenols is 1. The van der Waals surface area contributed by atoms with Gasteiger partial charge in [-0.15, -0.1) is 0 Å². The van der Waals surface area contributed by atoms with Crippen molar-refractivity contribution in [1.82, 2.24) is 26.2 Å². The van der Waals surface area contributed by atoms with Crippen LogP contribution in [-0.2, 0) is 35.2 Å². The van der Waals surface area contributed by atoms with Gasteiger partial charge in [0, 0.05) is 19.5 Å². The highest BCUT2D eigenvalue weighted by Crippen LogP contribution is 2.21. The molecule has 0 radical (unpaired) electrons. The quantitative estimate of drug-likeness (QED) is 0.0378. The van der Waals surface area contributed by atoms with Crippen LogP contribution in [0.2, 0.25) is 0 Å². The smallest absolute Gasteiger partial charge is 0.326 e. The Hall–Kier alpha value is -4.97. The molecule has 7 atom stereocenters. The number of phenolic OH excluding ortho intramolecular Hbond substituents is 1. The van der Waals surface area contributed by atoms with E-state index in [2.05, 4.69) is 26.3 Å². The van der Waals surface area contributed by atoms with Crippen LogP contribution in [0.15, 0.2) is 29.3 Å². The van der Waals surface area contributed by atoms with Crippen LogP contribution in [0, 0.1) is 11.8 Å². The minimum atomic E-state index is -1.23. The summed E-state index contributed by atoms with van der Waals surface area (Å²) in [7, 11) is 0. The number of carboxylic acid groups (broad SMARTS) is 1. The van der Waals surface area contributed by atoms with Crippen molar-refractivity contribution in [2.75, 3.05) is 19.6 Å². The van der Waals surface area contributed by atoms with Gasteiger partial charge in [-0.1, -0.05) is 46.2 Å². The van der Waals surface area contributed by atoms with Crippen LogP contribution in [0.25, 0.3) is 0 Å². The van der Waals surface area contributed by atoms with Crippen LogP contribution < -0.4 is 44.2 Å². The molecule has 1 heterocycles. The van der Waals surface area contributed by atoms with Crippen molar-refractivity contribution >= 4 is 41.5 Å². The number of aromatic hydroxyl groups is 1. The van der Waals surface area contributed by atoms with Crippen LogP contribution in [0.4, 0.5) is 0 Å². The van der Waals surface area contributed by atoms with E-state index in [1.807, 2.05) is 20.8 Å². The normalized spacial score (nSPS) is 17.3. The summed E-state index contributed by atoms with van der Waals surface area (Å²) in [6.45, 7) is 7.78. The van der Waals surface area contributed by atoms with Gasteiger partial charge in [-0.25, -0.2) is 4.79 Å². The first kappa shape index (κ1) is 45.2. The number of carbonyl (C=O) groups excluding carboxylic acids is 5. The predicted octanol–water partition coefficient (Wildman–Crippen LogP) is -1.23. The molecule has 5 amide bonds. The minimum Gasteiger partial charge on any atom is -0.508 e. The lowest BCUT2D eigenvalue weighted by molar-refractivity contribution is -0.143. The number of nitrogens with zero attached hydrogens (tertiary/aromatic N) is 2. The number of nitrogens with two attached hydrogens (primary N) is 4. The molecule has 0 spiro atoms. The van der Waals surface area contributed by atoms with E-state index >= 15 is 0 Å². The number of likely N-dealkylation sites (tertiary alicyclic amines) is 1. The highest BCUT2D eigenvalue weighted by molar-refractivity contribution is 5.96. The van der Waals surface area contributed by atoms with Gasteiger partial charge in [0.2, 0.25) is 29.5 Å². The van der Waals surface area contributed by atoms with Crippen LogP contribution in [0.5, 0.6) is 5.75 Å². The van der Waals surface area contributed by atoms with Crippen molar-refractivity contribution in [3.05, 3.63) is 29.8 Å². The summed E-state index contributed by atoms with van der Waals surface area (Å²) in [4.78, 5) is 85.2. The van der Waals surface area contributed by atoms with E-state index in [4.69, 9.17) is 22.9 Å². The Kier molecular flexibility index (Phi) is 18.7. The Morgan fingerprint density at radius 2 is 1.56 bits per heavy atom. The number of guanidine groups is 1. The van der Waals surface area contributed by atoms with Crippen LogP contribution in [0.1, 0.15) is 78.2 Å². The molecule has 1 aromatic rings. The molecule has 7 unspecified atom stereocenters. The van der Waals surface area contributed by atoms with Crippen LogP contribution in [-0.4, -0.2) is 112 Å².